The highest BCUT2D eigenvalue weighted by atomic mass is 32.1. The lowest BCUT2D eigenvalue weighted by Gasteiger charge is -2.23. The first-order valence-corrected chi connectivity index (χ1v) is 5.78. The molecule has 0 rings (SSSR count). The van der Waals surface area contributed by atoms with Crippen LogP contribution >= 0.6 is 12.6 Å². The molecule has 0 heterocycles. The Labute approximate surface area is 92.9 Å². The Kier molecular flexibility index (Phi) is 7.99. The van der Waals surface area contributed by atoms with Crippen molar-refractivity contribution in [3.8, 4) is 0 Å². The fourth-order valence-corrected chi connectivity index (χ4v) is 1.40. The summed E-state index contributed by atoms with van der Waals surface area (Å²) >= 11 is 4.07. The largest absolute Gasteiger partial charge is 0.341 e. The minimum absolute atomic E-state index is 0.226. The van der Waals surface area contributed by atoms with Crippen molar-refractivity contribution in [1.29, 1.82) is 0 Å². The summed E-state index contributed by atoms with van der Waals surface area (Å²) in [7, 11) is 4.04. The van der Waals surface area contributed by atoms with Gasteiger partial charge in [0.15, 0.2) is 0 Å². The van der Waals surface area contributed by atoms with E-state index < -0.39 is 0 Å². The summed E-state index contributed by atoms with van der Waals surface area (Å²) in [5.41, 5.74) is 0. The highest BCUT2D eigenvalue weighted by Gasteiger charge is 2.11. The van der Waals surface area contributed by atoms with Gasteiger partial charge < -0.3 is 9.80 Å². The molecule has 0 aliphatic rings. The predicted molar refractivity (Wildman–Crippen MR) is 63.9 cm³/mol. The third-order valence-electron chi connectivity index (χ3n) is 1.99. The van der Waals surface area contributed by atoms with Gasteiger partial charge in [-0.15, -0.1) is 0 Å². The van der Waals surface area contributed by atoms with E-state index in [0.29, 0.717) is 12.2 Å². The first kappa shape index (κ1) is 13.8. The van der Waals surface area contributed by atoms with E-state index in [1.807, 2.05) is 19.0 Å². The lowest BCUT2D eigenvalue weighted by molar-refractivity contribution is -0.130. The topological polar surface area (TPSA) is 23.6 Å². The molecule has 0 saturated heterocycles. The molecular formula is C10H22N2OS. The van der Waals surface area contributed by atoms with Crippen LogP contribution in [0.15, 0.2) is 0 Å². The third-order valence-corrected chi connectivity index (χ3v) is 2.21. The van der Waals surface area contributed by atoms with Crippen molar-refractivity contribution >= 4 is 18.5 Å². The number of likely N-dealkylation sites (N-methyl/N-ethyl adjacent to an activating group) is 1. The van der Waals surface area contributed by atoms with Crippen LogP contribution < -0.4 is 0 Å². The summed E-state index contributed by atoms with van der Waals surface area (Å²) in [5, 5.41) is 0. The normalized spacial score (nSPS) is 10.6. The average molecular weight is 218 g/mol. The summed E-state index contributed by atoms with van der Waals surface area (Å²) in [6.45, 7) is 4.71. The second kappa shape index (κ2) is 8.12. The van der Waals surface area contributed by atoms with Crippen LogP contribution in [0.25, 0.3) is 0 Å². The molecule has 0 N–H and O–H groups in total. The quantitative estimate of drug-likeness (QED) is 0.647. The highest BCUT2D eigenvalue weighted by molar-refractivity contribution is 7.80. The molecule has 84 valence electrons. The van der Waals surface area contributed by atoms with E-state index in [2.05, 4.69) is 24.5 Å². The molecule has 0 aromatic carbocycles. The average Bonchev–Trinajstić information content (AvgIpc) is 2.12. The van der Waals surface area contributed by atoms with Gasteiger partial charge in [-0.2, -0.15) is 12.6 Å². The molecule has 3 nitrogen and oxygen atoms in total. The molecular weight excluding hydrogens is 196 g/mol. The van der Waals surface area contributed by atoms with Crippen LogP contribution in [0.4, 0.5) is 0 Å². The summed E-state index contributed by atoms with van der Waals surface area (Å²) in [6, 6.07) is 0. The first-order valence-electron chi connectivity index (χ1n) is 5.15. The van der Waals surface area contributed by atoms with Crippen molar-refractivity contribution < 1.29 is 4.79 Å². The molecule has 0 aromatic heterocycles. The van der Waals surface area contributed by atoms with Gasteiger partial charge in [0.2, 0.25) is 5.91 Å². The number of hydrogen-bond donors (Lipinski definition) is 1. The lowest BCUT2D eigenvalue weighted by atomic mass is 10.3. The molecule has 14 heavy (non-hydrogen) atoms. The second-order valence-corrected chi connectivity index (χ2v) is 4.10. The first-order chi connectivity index (χ1) is 6.61. The zero-order valence-electron chi connectivity index (χ0n) is 9.49. The smallest absolute Gasteiger partial charge is 0.223 e. The van der Waals surface area contributed by atoms with E-state index in [9.17, 15) is 4.79 Å². The Hall–Kier alpha value is -0.220. The molecule has 0 radical (unpaired) electrons. The maximum Gasteiger partial charge on any atom is 0.223 e. The maximum atomic E-state index is 11.6. The Balaban J connectivity index is 3.93. The highest BCUT2D eigenvalue weighted by Crippen LogP contribution is 1.98. The van der Waals surface area contributed by atoms with Crippen molar-refractivity contribution in [1.82, 2.24) is 9.80 Å². The molecule has 0 aliphatic carbocycles. The Bertz CT molecular complexity index is 162. The Morgan fingerprint density at radius 3 is 2.29 bits per heavy atom. The van der Waals surface area contributed by atoms with Crippen LogP contribution in [0, 0.1) is 0 Å². The van der Waals surface area contributed by atoms with Crippen molar-refractivity contribution in [3.05, 3.63) is 0 Å². The molecule has 0 aliphatic heterocycles. The van der Waals surface area contributed by atoms with E-state index >= 15 is 0 Å². The van der Waals surface area contributed by atoms with Gasteiger partial charge in [0.1, 0.15) is 0 Å². The predicted octanol–water partition coefficient (Wildman–Crippen LogP) is 1.11. The van der Waals surface area contributed by atoms with Gasteiger partial charge in [0, 0.05) is 26.1 Å². The van der Waals surface area contributed by atoms with Gasteiger partial charge in [0.25, 0.3) is 0 Å². The van der Waals surface area contributed by atoms with E-state index in [1.165, 1.54) is 0 Å². The van der Waals surface area contributed by atoms with Crippen molar-refractivity contribution in [3.63, 3.8) is 0 Å². The molecule has 0 aromatic rings. The van der Waals surface area contributed by atoms with Gasteiger partial charge in [-0.3, -0.25) is 4.79 Å². The minimum atomic E-state index is 0.226. The Morgan fingerprint density at radius 2 is 1.86 bits per heavy atom. The van der Waals surface area contributed by atoms with Gasteiger partial charge in [-0.1, -0.05) is 6.92 Å². The molecule has 0 unspecified atom stereocenters. The van der Waals surface area contributed by atoms with Crippen LogP contribution in [0.5, 0.6) is 0 Å². The second-order valence-electron chi connectivity index (χ2n) is 3.66. The molecule has 0 bridgehead atoms. The standard InChI is InChI=1S/C10H22N2OS/c1-4-6-12(8-7-11(2)3)10(13)5-9-14/h14H,4-9H2,1-3H3. The molecule has 0 saturated carbocycles. The third kappa shape index (κ3) is 6.27. The van der Waals surface area contributed by atoms with E-state index in [1.54, 1.807) is 0 Å². The zero-order valence-corrected chi connectivity index (χ0v) is 10.4. The monoisotopic (exact) mass is 218 g/mol. The fraction of sp³-hybridized carbons (Fsp3) is 0.900. The lowest BCUT2D eigenvalue weighted by Crippen LogP contribution is -2.37. The number of nitrogens with zero attached hydrogens (tertiary/aromatic N) is 2. The molecule has 0 fully saturated rings. The molecule has 0 atom stereocenters. The van der Waals surface area contributed by atoms with Gasteiger partial charge in [-0.05, 0) is 26.3 Å². The van der Waals surface area contributed by atoms with Gasteiger partial charge in [-0.25, -0.2) is 0 Å². The van der Waals surface area contributed by atoms with Crippen LogP contribution in [-0.4, -0.2) is 55.2 Å². The summed E-state index contributed by atoms with van der Waals surface area (Å²) in [5.74, 6) is 0.866. The Morgan fingerprint density at radius 1 is 1.21 bits per heavy atom. The van der Waals surface area contributed by atoms with Crippen molar-refractivity contribution in [2.45, 2.75) is 19.8 Å². The van der Waals surface area contributed by atoms with Crippen molar-refractivity contribution in [2.24, 2.45) is 0 Å². The number of amides is 1. The minimum Gasteiger partial charge on any atom is -0.341 e. The molecule has 4 heteroatoms. The van der Waals surface area contributed by atoms with Crippen LogP contribution in [0.2, 0.25) is 0 Å². The fourth-order valence-electron chi connectivity index (χ4n) is 1.21. The van der Waals surface area contributed by atoms with Crippen LogP contribution in [0.3, 0.4) is 0 Å². The number of carbonyl (C=O) groups excluding carboxylic acids is 1. The number of hydrogen-bond acceptors (Lipinski definition) is 3. The maximum absolute atomic E-state index is 11.6. The number of thiol groups is 1. The number of carbonyl (C=O) groups is 1. The van der Waals surface area contributed by atoms with Crippen LogP contribution in [0.1, 0.15) is 19.8 Å². The summed E-state index contributed by atoms with van der Waals surface area (Å²) in [4.78, 5) is 15.6. The van der Waals surface area contributed by atoms with E-state index in [-0.39, 0.29) is 5.91 Å². The summed E-state index contributed by atoms with van der Waals surface area (Å²) < 4.78 is 0. The SMILES string of the molecule is CCCN(CCN(C)C)C(=O)CCS. The van der Waals surface area contributed by atoms with E-state index in [4.69, 9.17) is 0 Å². The van der Waals surface area contributed by atoms with Crippen molar-refractivity contribution in [2.75, 3.05) is 39.5 Å². The molecule has 1 amide bonds. The zero-order chi connectivity index (χ0) is 11.0. The van der Waals surface area contributed by atoms with Gasteiger partial charge in [0.05, 0.1) is 0 Å². The van der Waals surface area contributed by atoms with Gasteiger partial charge >= 0.3 is 0 Å². The number of rotatable bonds is 7. The summed E-state index contributed by atoms with van der Waals surface area (Å²) in [6.07, 6.45) is 1.57. The van der Waals surface area contributed by atoms with E-state index in [0.717, 1.165) is 26.1 Å². The molecule has 0 spiro atoms. The van der Waals surface area contributed by atoms with Crippen LogP contribution in [-0.2, 0) is 4.79 Å².